The van der Waals surface area contributed by atoms with Gasteiger partial charge in [0.05, 0.1) is 5.41 Å². The molecule has 0 unspecified atom stereocenters. The fourth-order valence-electron chi connectivity index (χ4n) is 1.08. The zero-order valence-electron chi connectivity index (χ0n) is 9.60. The van der Waals surface area contributed by atoms with Crippen molar-refractivity contribution in [2.45, 2.75) is 20.8 Å². The van der Waals surface area contributed by atoms with E-state index in [0.717, 1.165) is 11.3 Å². The van der Waals surface area contributed by atoms with E-state index >= 15 is 0 Å². The summed E-state index contributed by atoms with van der Waals surface area (Å²) in [5.74, 6) is 0.172. The van der Waals surface area contributed by atoms with Gasteiger partial charge in [-0.1, -0.05) is 17.7 Å². The summed E-state index contributed by atoms with van der Waals surface area (Å²) < 4.78 is 0. The molecule has 0 fully saturated rings. The molecule has 0 aliphatic heterocycles. The number of benzene rings is 1. The monoisotopic (exact) mass is 259 g/mol. The first-order chi connectivity index (χ1) is 7.36. The van der Waals surface area contributed by atoms with E-state index in [2.05, 4.69) is 5.32 Å². The summed E-state index contributed by atoms with van der Waals surface area (Å²) >= 11 is 11.6. The second kappa shape index (κ2) is 5.07. The number of hydrogen-bond donors (Lipinski definition) is 1. The van der Waals surface area contributed by atoms with Crippen LogP contribution in [0.2, 0.25) is 5.02 Å². The van der Waals surface area contributed by atoms with Gasteiger partial charge in [0.15, 0.2) is 0 Å². The predicted molar refractivity (Wildman–Crippen MR) is 69.3 cm³/mol. The van der Waals surface area contributed by atoms with Crippen molar-refractivity contribution in [3.05, 3.63) is 28.8 Å². The molecule has 0 spiro atoms. The van der Waals surface area contributed by atoms with Crippen LogP contribution in [0.15, 0.2) is 18.2 Å². The first-order valence-electron chi connectivity index (χ1n) is 5.00. The first-order valence-corrected chi connectivity index (χ1v) is 5.91. The van der Waals surface area contributed by atoms with Crippen LogP contribution in [-0.2, 0) is 4.79 Å². The number of nitrogens with one attached hydrogen (secondary N) is 1. The Morgan fingerprint density at radius 1 is 1.44 bits per heavy atom. The van der Waals surface area contributed by atoms with Crippen molar-refractivity contribution in [2.24, 2.45) is 5.41 Å². The summed E-state index contributed by atoms with van der Waals surface area (Å²) in [6.45, 7) is 5.52. The Kier molecular flexibility index (Phi) is 4.22. The molecule has 0 saturated carbocycles. The van der Waals surface area contributed by atoms with Crippen LogP contribution in [0.1, 0.15) is 19.4 Å². The van der Waals surface area contributed by atoms with E-state index < -0.39 is 5.41 Å². The number of anilines is 1. The van der Waals surface area contributed by atoms with E-state index in [1.807, 2.05) is 13.0 Å². The van der Waals surface area contributed by atoms with Gasteiger partial charge in [0.1, 0.15) is 0 Å². The van der Waals surface area contributed by atoms with Crippen molar-refractivity contribution in [2.75, 3.05) is 11.2 Å². The molecule has 0 atom stereocenters. The zero-order chi connectivity index (χ0) is 12.3. The van der Waals surface area contributed by atoms with E-state index in [4.69, 9.17) is 23.2 Å². The molecule has 4 heteroatoms. The van der Waals surface area contributed by atoms with Crippen molar-refractivity contribution < 1.29 is 4.79 Å². The third kappa shape index (κ3) is 3.13. The van der Waals surface area contributed by atoms with Crippen LogP contribution >= 0.6 is 23.2 Å². The maximum absolute atomic E-state index is 11.9. The summed E-state index contributed by atoms with van der Waals surface area (Å²) in [7, 11) is 0. The van der Waals surface area contributed by atoms with Crippen LogP contribution in [0, 0.1) is 12.3 Å². The van der Waals surface area contributed by atoms with E-state index in [0.29, 0.717) is 5.02 Å². The lowest BCUT2D eigenvalue weighted by Gasteiger charge is -2.21. The molecule has 1 amide bonds. The molecule has 0 aliphatic carbocycles. The Balaban J connectivity index is 2.89. The summed E-state index contributed by atoms with van der Waals surface area (Å²) in [4.78, 5) is 11.9. The number of rotatable bonds is 3. The second-order valence-electron chi connectivity index (χ2n) is 4.43. The quantitative estimate of drug-likeness (QED) is 0.821. The van der Waals surface area contributed by atoms with Crippen molar-refractivity contribution >= 4 is 34.8 Å². The highest BCUT2D eigenvalue weighted by atomic mass is 35.5. The van der Waals surface area contributed by atoms with Gasteiger partial charge in [0.2, 0.25) is 5.91 Å². The van der Waals surface area contributed by atoms with Crippen molar-refractivity contribution in [3.63, 3.8) is 0 Å². The Morgan fingerprint density at radius 2 is 2.06 bits per heavy atom. The summed E-state index contributed by atoms with van der Waals surface area (Å²) in [5.41, 5.74) is 1.12. The van der Waals surface area contributed by atoms with Gasteiger partial charge in [-0.25, -0.2) is 0 Å². The third-order valence-corrected chi connectivity index (χ3v) is 3.30. The number of alkyl halides is 1. The van der Waals surface area contributed by atoms with E-state index in [-0.39, 0.29) is 11.8 Å². The lowest BCUT2D eigenvalue weighted by atomic mass is 9.95. The van der Waals surface area contributed by atoms with Gasteiger partial charge in [0.25, 0.3) is 0 Å². The fourth-order valence-corrected chi connectivity index (χ4v) is 1.37. The molecule has 1 aromatic carbocycles. The zero-order valence-corrected chi connectivity index (χ0v) is 11.1. The van der Waals surface area contributed by atoms with E-state index in [1.54, 1.807) is 26.0 Å². The molecule has 0 aromatic heterocycles. The topological polar surface area (TPSA) is 29.1 Å². The van der Waals surface area contributed by atoms with Crippen LogP contribution in [0.4, 0.5) is 5.69 Å². The summed E-state index contributed by atoms with van der Waals surface area (Å²) in [6.07, 6.45) is 0. The molecule has 1 rings (SSSR count). The molecule has 0 bridgehead atoms. The van der Waals surface area contributed by atoms with Gasteiger partial charge in [-0.05, 0) is 38.5 Å². The van der Waals surface area contributed by atoms with Crippen LogP contribution < -0.4 is 5.32 Å². The maximum Gasteiger partial charge on any atom is 0.231 e. The van der Waals surface area contributed by atoms with Crippen LogP contribution in [0.3, 0.4) is 0 Å². The van der Waals surface area contributed by atoms with E-state index in [1.165, 1.54) is 0 Å². The lowest BCUT2D eigenvalue weighted by molar-refractivity contribution is -0.122. The molecule has 0 aliphatic rings. The summed E-state index contributed by atoms with van der Waals surface area (Å²) in [5, 5.41) is 3.44. The maximum atomic E-state index is 11.9. The molecule has 16 heavy (non-hydrogen) atoms. The van der Waals surface area contributed by atoms with Gasteiger partial charge in [0, 0.05) is 16.6 Å². The number of carbonyl (C=O) groups is 1. The van der Waals surface area contributed by atoms with Gasteiger partial charge < -0.3 is 5.32 Å². The minimum absolute atomic E-state index is 0.104. The number of amides is 1. The molecule has 0 saturated heterocycles. The van der Waals surface area contributed by atoms with Crippen molar-refractivity contribution in [1.82, 2.24) is 0 Å². The van der Waals surface area contributed by atoms with E-state index in [9.17, 15) is 4.79 Å². The summed E-state index contributed by atoms with van der Waals surface area (Å²) in [6, 6.07) is 5.39. The average Bonchev–Trinajstić information content (AvgIpc) is 2.23. The smallest absolute Gasteiger partial charge is 0.231 e. The van der Waals surface area contributed by atoms with Crippen molar-refractivity contribution in [3.8, 4) is 0 Å². The normalized spacial score (nSPS) is 11.3. The van der Waals surface area contributed by atoms with Crippen LogP contribution in [-0.4, -0.2) is 11.8 Å². The number of carbonyl (C=O) groups excluding carboxylic acids is 1. The Hall–Kier alpha value is -0.730. The number of hydrogen-bond acceptors (Lipinski definition) is 1. The minimum atomic E-state index is -0.587. The SMILES string of the molecule is Cc1ccc(Cl)cc1NC(=O)C(C)(C)CCl. The lowest BCUT2D eigenvalue weighted by Crippen LogP contribution is -2.32. The molecule has 88 valence electrons. The molecular weight excluding hydrogens is 245 g/mol. The largest absolute Gasteiger partial charge is 0.325 e. The van der Waals surface area contributed by atoms with Crippen molar-refractivity contribution in [1.29, 1.82) is 0 Å². The Labute approximate surface area is 106 Å². The van der Waals surface area contributed by atoms with Gasteiger partial charge in [-0.15, -0.1) is 11.6 Å². The average molecular weight is 260 g/mol. The third-order valence-electron chi connectivity index (χ3n) is 2.40. The fraction of sp³-hybridized carbons (Fsp3) is 0.417. The molecule has 1 N–H and O–H groups in total. The minimum Gasteiger partial charge on any atom is -0.325 e. The van der Waals surface area contributed by atoms with Crippen LogP contribution in [0.25, 0.3) is 0 Å². The highest BCUT2D eigenvalue weighted by Gasteiger charge is 2.26. The Bertz CT molecular complexity index is 402. The molecular formula is C12H15Cl2NO. The molecule has 0 radical (unpaired) electrons. The number of aryl methyl sites for hydroxylation is 1. The first kappa shape index (κ1) is 13.3. The standard InChI is InChI=1S/C12H15Cl2NO/c1-8-4-5-9(14)6-10(8)15-11(16)12(2,3)7-13/h4-6H,7H2,1-3H3,(H,15,16). The van der Waals surface area contributed by atoms with Crippen LogP contribution in [0.5, 0.6) is 0 Å². The van der Waals surface area contributed by atoms with Gasteiger partial charge in [-0.2, -0.15) is 0 Å². The van der Waals surface area contributed by atoms with Gasteiger partial charge in [-0.3, -0.25) is 4.79 Å². The second-order valence-corrected chi connectivity index (χ2v) is 5.13. The molecule has 1 aromatic rings. The van der Waals surface area contributed by atoms with Gasteiger partial charge >= 0.3 is 0 Å². The predicted octanol–water partition coefficient (Wildman–Crippen LogP) is 3.85. The highest BCUT2D eigenvalue weighted by molar-refractivity contribution is 6.31. The highest BCUT2D eigenvalue weighted by Crippen LogP contribution is 2.24. The molecule has 2 nitrogen and oxygen atoms in total. The number of halogens is 2. The Morgan fingerprint density at radius 3 is 2.62 bits per heavy atom. The molecule has 0 heterocycles.